The zero-order chi connectivity index (χ0) is 19.8. The molecule has 1 saturated carbocycles. The van der Waals surface area contributed by atoms with E-state index >= 15 is 0 Å². The van der Waals surface area contributed by atoms with E-state index in [1.165, 1.54) is 11.9 Å². The van der Waals surface area contributed by atoms with Crippen LogP contribution in [-0.2, 0) is 11.8 Å². The average molecular weight is 405 g/mol. The van der Waals surface area contributed by atoms with Crippen molar-refractivity contribution in [2.45, 2.75) is 17.9 Å². The van der Waals surface area contributed by atoms with Crippen molar-refractivity contribution in [3.8, 4) is 11.3 Å². The van der Waals surface area contributed by atoms with Crippen LogP contribution in [0.1, 0.15) is 12.8 Å². The molecular formula is C20H19N7OS. The van der Waals surface area contributed by atoms with Crippen molar-refractivity contribution in [2.24, 2.45) is 13.0 Å². The Bertz CT molecular complexity index is 1180. The molecule has 0 aliphatic heterocycles. The molecule has 3 N–H and O–H groups in total. The summed E-state index contributed by atoms with van der Waals surface area (Å²) in [6.07, 6.45) is 7.29. The second-order valence-corrected chi connectivity index (χ2v) is 7.85. The minimum absolute atomic E-state index is 0.00593. The molecule has 5 rings (SSSR count). The second kappa shape index (κ2) is 7.25. The van der Waals surface area contributed by atoms with Gasteiger partial charge < -0.3 is 14.3 Å². The number of carbonyl (C=O) groups excluding carboxylic acids is 1. The van der Waals surface area contributed by atoms with Gasteiger partial charge >= 0.3 is 0 Å². The van der Waals surface area contributed by atoms with Gasteiger partial charge in [0.25, 0.3) is 0 Å². The summed E-state index contributed by atoms with van der Waals surface area (Å²) >= 11 is 1.50. The van der Waals surface area contributed by atoms with Gasteiger partial charge in [0, 0.05) is 47.7 Å². The summed E-state index contributed by atoms with van der Waals surface area (Å²) in [6.45, 7) is 0. The standard InChI is InChI=1S/C20H19N7OS/c1-27-11-21-10-16(27)29-26-14-6-4-12(5-7-14)17-15-8-9-22-18(15)24-20(23-17)25-19(28)13-2-3-13/h4-11,13,26H,2-3H2,1H3,(H2,22,23,24,25,28). The number of aromatic amines is 1. The first-order valence-corrected chi connectivity index (χ1v) is 10.1. The fourth-order valence-corrected chi connectivity index (χ4v) is 3.69. The van der Waals surface area contributed by atoms with Gasteiger partial charge in [0.2, 0.25) is 11.9 Å². The first-order valence-electron chi connectivity index (χ1n) is 9.33. The van der Waals surface area contributed by atoms with E-state index in [2.05, 4.69) is 30.0 Å². The molecule has 0 atom stereocenters. The molecule has 1 amide bonds. The van der Waals surface area contributed by atoms with Gasteiger partial charge in [-0.05, 0) is 31.0 Å². The van der Waals surface area contributed by atoms with Gasteiger partial charge in [-0.2, -0.15) is 4.98 Å². The first kappa shape index (κ1) is 17.7. The molecule has 0 unspecified atom stereocenters. The molecule has 3 aromatic heterocycles. The van der Waals surface area contributed by atoms with Gasteiger partial charge in [-0.1, -0.05) is 12.1 Å². The van der Waals surface area contributed by atoms with Crippen LogP contribution in [-0.4, -0.2) is 30.4 Å². The van der Waals surface area contributed by atoms with Crippen LogP contribution in [0.3, 0.4) is 0 Å². The molecular weight excluding hydrogens is 386 g/mol. The molecule has 146 valence electrons. The number of hydrogen-bond donors (Lipinski definition) is 3. The number of hydrogen-bond acceptors (Lipinski definition) is 6. The molecule has 29 heavy (non-hydrogen) atoms. The number of benzene rings is 1. The molecule has 0 spiro atoms. The van der Waals surface area contributed by atoms with Crippen molar-refractivity contribution in [1.29, 1.82) is 0 Å². The highest BCUT2D eigenvalue weighted by atomic mass is 32.2. The number of fused-ring (bicyclic) bond motifs is 1. The van der Waals surface area contributed by atoms with Crippen LogP contribution in [0.5, 0.6) is 0 Å². The number of H-pyrrole nitrogens is 1. The quantitative estimate of drug-likeness (QED) is 0.422. The summed E-state index contributed by atoms with van der Waals surface area (Å²) in [4.78, 5) is 28.4. The lowest BCUT2D eigenvalue weighted by molar-refractivity contribution is -0.117. The van der Waals surface area contributed by atoms with E-state index in [-0.39, 0.29) is 11.8 Å². The third-order valence-corrected chi connectivity index (χ3v) is 5.74. The predicted molar refractivity (Wildman–Crippen MR) is 113 cm³/mol. The van der Waals surface area contributed by atoms with Crippen molar-refractivity contribution < 1.29 is 4.79 Å². The molecule has 0 bridgehead atoms. The van der Waals surface area contributed by atoms with E-state index in [0.29, 0.717) is 11.6 Å². The Balaban J connectivity index is 1.39. The Morgan fingerprint density at radius 3 is 2.76 bits per heavy atom. The summed E-state index contributed by atoms with van der Waals surface area (Å²) in [7, 11) is 1.96. The summed E-state index contributed by atoms with van der Waals surface area (Å²) in [6, 6.07) is 9.96. The van der Waals surface area contributed by atoms with Gasteiger partial charge in [-0.3, -0.25) is 10.1 Å². The van der Waals surface area contributed by atoms with Crippen molar-refractivity contribution in [2.75, 3.05) is 10.0 Å². The minimum atomic E-state index is -0.00593. The molecule has 4 aromatic rings. The Morgan fingerprint density at radius 1 is 1.21 bits per heavy atom. The van der Waals surface area contributed by atoms with Crippen molar-refractivity contribution in [3.05, 3.63) is 49.1 Å². The van der Waals surface area contributed by atoms with Gasteiger partial charge in [-0.25, -0.2) is 9.97 Å². The lowest BCUT2D eigenvalue weighted by Crippen LogP contribution is -2.15. The Kier molecular flexibility index (Phi) is 4.44. The molecule has 0 saturated heterocycles. The van der Waals surface area contributed by atoms with E-state index in [0.717, 1.165) is 40.2 Å². The van der Waals surface area contributed by atoms with Crippen molar-refractivity contribution in [3.63, 3.8) is 0 Å². The van der Waals surface area contributed by atoms with Crippen LogP contribution in [0.15, 0.2) is 54.1 Å². The molecule has 1 fully saturated rings. The molecule has 0 radical (unpaired) electrons. The van der Waals surface area contributed by atoms with E-state index in [1.54, 1.807) is 6.33 Å². The highest BCUT2D eigenvalue weighted by Gasteiger charge is 2.30. The Morgan fingerprint density at radius 2 is 2.03 bits per heavy atom. The normalized spacial score (nSPS) is 13.6. The number of nitrogens with one attached hydrogen (secondary N) is 3. The third-order valence-electron chi connectivity index (χ3n) is 4.80. The number of rotatable bonds is 6. The van der Waals surface area contributed by atoms with Crippen LogP contribution in [0.4, 0.5) is 11.6 Å². The van der Waals surface area contributed by atoms with Gasteiger partial charge in [0.1, 0.15) is 10.7 Å². The van der Waals surface area contributed by atoms with E-state index < -0.39 is 0 Å². The molecule has 1 aliphatic rings. The largest absolute Gasteiger partial charge is 0.346 e. The molecule has 3 heterocycles. The maximum absolute atomic E-state index is 12.1. The number of anilines is 2. The van der Waals surface area contributed by atoms with Gasteiger partial charge in [0.15, 0.2) is 0 Å². The van der Waals surface area contributed by atoms with Crippen LogP contribution < -0.4 is 10.0 Å². The SMILES string of the molecule is Cn1cncc1SNc1ccc(-c2nc(NC(=O)C3CC3)nc3[nH]ccc23)cc1. The number of nitrogens with zero attached hydrogens (tertiary/aromatic N) is 4. The van der Waals surface area contributed by atoms with Crippen LogP contribution >= 0.6 is 11.9 Å². The maximum Gasteiger partial charge on any atom is 0.232 e. The van der Waals surface area contributed by atoms with E-state index in [9.17, 15) is 4.79 Å². The summed E-state index contributed by atoms with van der Waals surface area (Å²) < 4.78 is 5.27. The number of amides is 1. The smallest absolute Gasteiger partial charge is 0.232 e. The summed E-state index contributed by atoms with van der Waals surface area (Å²) in [5.74, 6) is 0.429. The molecule has 1 aromatic carbocycles. The number of carbonyl (C=O) groups is 1. The summed E-state index contributed by atoms with van der Waals surface area (Å²) in [5, 5.41) is 4.78. The fourth-order valence-electron chi connectivity index (χ4n) is 3.03. The second-order valence-electron chi connectivity index (χ2n) is 7.02. The predicted octanol–water partition coefficient (Wildman–Crippen LogP) is 3.83. The minimum Gasteiger partial charge on any atom is -0.346 e. The number of aromatic nitrogens is 5. The van der Waals surface area contributed by atoms with Gasteiger partial charge in [0.05, 0.1) is 18.2 Å². The maximum atomic E-state index is 12.1. The highest BCUT2D eigenvalue weighted by molar-refractivity contribution is 8.00. The van der Waals surface area contributed by atoms with Crippen molar-refractivity contribution in [1.82, 2.24) is 24.5 Å². The van der Waals surface area contributed by atoms with E-state index in [4.69, 9.17) is 0 Å². The van der Waals surface area contributed by atoms with E-state index in [1.807, 2.05) is 54.3 Å². The Hall–Kier alpha value is -3.33. The average Bonchev–Trinajstić information content (AvgIpc) is 3.35. The van der Waals surface area contributed by atoms with Crippen molar-refractivity contribution >= 4 is 40.5 Å². The highest BCUT2D eigenvalue weighted by Crippen LogP contribution is 2.31. The van der Waals surface area contributed by atoms with Crippen LogP contribution in [0.25, 0.3) is 22.3 Å². The first-order chi connectivity index (χ1) is 14.2. The topological polar surface area (TPSA) is 101 Å². The molecule has 1 aliphatic carbocycles. The molecule has 9 heteroatoms. The molecule has 8 nitrogen and oxygen atoms in total. The number of imidazole rings is 1. The van der Waals surface area contributed by atoms with Crippen LogP contribution in [0, 0.1) is 5.92 Å². The monoisotopic (exact) mass is 405 g/mol. The Labute approximate surface area is 171 Å². The van der Waals surface area contributed by atoms with Crippen LogP contribution in [0.2, 0.25) is 0 Å². The zero-order valence-corrected chi connectivity index (χ0v) is 16.5. The zero-order valence-electron chi connectivity index (χ0n) is 15.7. The van der Waals surface area contributed by atoms with Gasteiger partial charge in [-0.15, -0.1) is 0 Å². The lowest BCUT2D eigenvalue weighted by atomic mass is 10.1. The summed E-state index contributed by atoms with van der Waals surface area (Å²) in [5.41, 5.74) is 3.42. The fraction of sp³-hybridized carbons (Fsp3) is 0.200. The lowest BCUT2D eigenvalue weighted by Gasteiger charge is -2.09. The third kappa shape index (κ3) is 3.68. The number of aryl methyl sites for hydroxylation is 1.